The minimum Gasteiger partial charge on any atom is -0.381 e. The van der Waals surface area contributed by atoms with Gasteiger partial charge in [0.15, 0.2) is 0 Å². The predicted octanol–water partition coefficient (Wildman–Crippen LogP) is 3.07. The van der Waals surface area contributed by atoms with Gasteiger partial charge in [0.1, 0.15) is 0 Å². The third-order valence-corrected chi connectivity index (χ3v) is 2.21. The quantitative estimate of drug-likeness (QED) is 0.625. The van der Waals surface area contributed by atoms with Crippen molar-refractivity contribution in [3.05, 3.63) is 41.5 Å². The molecule has 0 unspecified atom stereocenters. The van der Waals surface area contributed by atoms with Gasteiger partial charge in [0.05, 0.1) is 11.6 Å². The summed E-state index contributed by atoms with van der Waals surface area (Å²) < 4.78 is 0. The van der Waals surface area contributed by atoms with Gasteiger partial charge in [-0.05, 0) is 24.6 Å². The fraction of sp³-hybridized carbons (Fsp3) is 0.250. The van der Waals surface area contributed by atoms with Gasteiger partial charge >= 0.3 is 0 Å². The molecule has 0 saturated heterocycles. The van der Waals surface area contributed by atoms with Gasteiger partial charge in [-0.3, -0.25) is 0 Å². The van der Waals surface area contributed by atoms with E-state index in [1.807, 2.05) is 37.3 Å². The highest BCUT2D eigenvalue weighted by atomic mass is 35.5. The van der Waals surface area contributed by atoms with Crippen molar-refractivity contribution in [2.45, 2.75) is 6.92 Å². The highest BCUT2D eigenvalue weighted by molar-refractivity contribution is 6.18. The summed E-state index contributed by atoms with van der Waals surface area (Å²) in [6, 6.07) is 7.72. The number of nitriles is 1. The number of nitrogens with one attached hydrogen (secondary N) is 1. The first-order valence-corrected chi connectivity index (χ1v) is 5.27. The van der Waals surface area contributed by atoms with Gasteiger partial charge in [-0.25, -0.2) is 0 Å². The summed E-state index contributed by atoms with van der Waals surface area (Å²) >= 11 is 5.50. The lowest BCUT2D eigenvalue weighted by Crippen LogP contribution is -2.00. The lowest BCUT2D eigenvalue weighted by Gasteiger charge is -2.07. The van der Waals surface area contributed by atoms with Crippen LogP contribution in [0.1, 0.15) is 11.1 Å². The van der Waals surface area contributed by atoms with Crippen LogP contribution in [0.25, 0.3) is 0 Å². The van der Waals surface area contributed by atoms with Gasteiger partial charge < -0.3 is 5.32 Å². The summed E-state index contributed by atoms with van der Waals surface area (Å²) in [7, 11) is 0. The van der Waals surface area contributed by atoms with Gasteiger partial charge in [-0.2, -0.15) is 5.26 Å². The zero-order chi connectivity index (χ0) is 11.1. The van der Waals surface area contributed by atoms with Crippen molar-refractivity contribution in [1.29, 1.82) is 5.26 Å². The van der Waals surface area contributed by atoms with Gasteiger partial charge in [-0.15, -0.1) is 11.6 Å². The van der Waals surface area contributed by atoms with E-state index < -0.39 is 0 Å². The minimum absolute atomic E-state index is 0.527. The van der Waals surface area contributed by atoms with Gasteiger partial charge in [0.2, 0.25) is 0 Å². The first-order chi connectivity index (χ1) is 7.27. The third-order valence-electron chi connectivity index (χ3n) is 2.03. The molecule has 0 aliphatic heterocycles. The van der Waals surface area contributed by atoms with Gasteiger partial charge in [0, 0.05) is 18.1 Å². The summed E-state index contributed by atoms with van der Waals surface area (Å²) in [5, 5.41) is 12.0. The Labute approximate surface area is 95.2 Å². The molecule has 0 fully saturated rings. The average molecular weight is 221 g/mol. The molecule has 15 heavy (non-hydrogen) atoms. The molecule has 0 amide bonds. The van der Waals surface area contributed by atoms with Crippen molar-refractivity contribution >= 4 is 17.3 Å². The van der Waals surface area contributed by atoms with Crippen LogP contribution in [-0.4, -0.2) is 12.4 Å². The molecule has 0 bridgehead atoms. The lowest BCUT2D eigenvalue weighted by molar-refractivity contribution is 1.29. The van der Waals surface area contributed by atoms with Crippen molar-refractivity contribution in [3.63, 3.8) is 0 Å². The number of alkyl halides is 1. The average Bonchev–Trinajstić information content (AvgIpc) is 2.26. The number of anilines is 1. The van der Waals surface area contributed by atoms with E-state index in [2.05, 4.69) is 11.4 Å². The number of hydrogen-bond donors (Lipinski definition) is 1. The fourth-order valence-electron chi connectivity index (χ4n) is 1.20. The maximum atomic E-state index is 8.75. The summed E-state index contributed by atoms with van der Waals surface area (Å²) in [6.07, 6.45) is 3.85. The Morgan fingerprint density at radius 2 is 2.27 bits per heavy atom. The summed E-state index contributed by atoms with van der Waals surface area (Å²) in [6.45, 7) is 2.73. The predicted molar refractivity (Wildman–Crippen MR) is 64.2 cm³/mol. The molecule has 1 aromatic carbocycles. The molecule has 1 rings (SSSR count). The number of benzene rings is 1. The van der Waals surface area contributed by atoms with E-state index in [0.717, 1.165) is 17.8 Å². The Balaban J connectivity index is 2.68. The summed E-state index contributed by atoms with van der Waals surface area (Å²) in [4.78, 5) is 0. The maximum absolute atomic E-state index is 8.75. The van der Waals surface area contributed by atoms with Crippen molar-refractivity contribution < 1.29 is 0 Å². The van der Waals surface area contributed by atoms with E-state index in [9.17, 15) is 0 Å². The Morgan fingerprint density at radius 3 is 2.93 bits per heavy atom. The van der Waals surface area contributed by atoms with Crippen LogP contribution < -0.4 is 5.32 Å². The highest BCUT2D eigenvalue weighted by Gasteiger charge is 1.97. The largest absolute Gasteiger partial charge is 0.381 e. The Morgan fingerprint density at radius 1 is 1.47 bits per heavy atom. The minimum atomic E-state index is 0.527. The first kappa shape index (κ1) is 11.6. The molecule has 0 aliphatic rings. The van der Waals surface area contributed by atoms with E-state index in [0.29, 0.717) is 11.4 Å². The SMILES string of the molecule is Cc1ccc(C#N)cc1NC/C=C/CCl. The van der Waals surface area contributed by atoms with E-state index in [4.69, 9.17) is 16.9 Å². The van der Waals surface area contributed by atoms with Gasteiger partial charge in [0.25, 0.3) is 0 Å². The third kappa shape index (κ3) is 3.65. The number of halogens is 1. The van der Waals surface area contributed by atoms with Crippen LogP contribution in [0, 0.1) is 18.3 Å². The zero-order valence-corrected chi connectivity index (χ0v) is 9.38. The second-order valence-electron chi connectivity index (χ2n) is 3.15. The van der Waals surface area contributed by atoms with Crippen LogP contribution in [0.5, 0.6) is 0 Å². The molecule has 1 aromatic rings. The fourth-order valence-corrected chi connectivity index (χ4v) is 1.32. The summed E-state index contributed by atoms with van der Waals surface area (Å²) in [5.41, 5.74) is 2.80. The number of allylic oxidation sites excluding steroid dienone is 1. The topological polar surface area (TPSA) is 35.8 Å². The van der Waals surface area contributed by atoms with Gasteiger partial charge in [-0.1, -0.05) is 18.2 Å². The standard InChI is InChI=1S/C12H13ClN2/c1-10-4-5-11(9-14)8-12(10)15-7-3-2-6-13/h2-5,8,15H,6-7H2,1H3/b3-2+. The number of aryl methyl sites for hydroxylation is 1. The molecule has 3 heteroatoms. The number of nitrogens with zero attached hydrogens (tertiary/aromatic N) is 1. The molecule has 0 radical (unpaired) electrons. The van der Waals surface area contributed by atoms with Crippen LogP contribution >= 0.6 is 11.6 Å². The lowest BCUT2D eigenvalue weighted by atomic mass is 10.1. The van der Waals surface area contributed by atoms with E-state index >= 15 is 0 Å². The normalized spacial score (nSPS) is 10.2. The zero-order valence-electron chi connectivity index (χ0n) is 8.63. The molecule has 0 atom stereocenters. The van der Waals surface area contributed by atoms with Crippen LogP contribution in [0.4, 0.5) is 5.69 Å². The monoisotopic (exact) mass is 220 g/mol. The van der Waals surface area contributed by atoms with Crippen molar-refractivity contribution in [3.8, 4) is 6.07 Å². The van der Waals surface area contributed by atoms with E-state index in [1.165, 1.54) is 0 Å². The number of hydrogen-bond acceptors (Lipinski definition) is 2. The van der Waals surface area contributed by atoms with Crippen molar-refractivity contribution in [2.75, 3.05) is 17.7 Å². The maximum Gasteiger partial charge on any atom is 0.0992 e. The molecular formula is C12H13ClN2. The molecular weight excluding hydrogens is 208 g/mol. The molecule has 0 heterocycles. The van der Waals surface area contributed by atoms with Crippen LogP contribution in [0.3, 0.4) is 0 Å². The van der Waals surface area contributed by atoms with E-state index in [1.54, 1.807) is 0 Å². The molecule has 0 aliphatic carbocycles. The molecule has 0 aromatic heterocycles. The van der Waals surface area contributed by atoms with Crippen LogP contribution in [0.15, 0.2) is 30.4 Å². The molecule has 78 valence electrons. The summed E-state index contributed by atoms with van der Waals surface area (Å²) in [5.74, 6) is 0.527. The molecule has 0 saturated carbocycles. The highest BCUT2D eigenvalue weighted by Crippen LogP contribution is 2.15. The molecule has 2 nitrogen and oxygen atoms in total. The second kappa shape index (κ2) is 6.10. The van der Waals surface area contributed by atoms with Crippen LogP contribution in [-0.2, 0) is 0 Å². The molecule has 0 spiro atoms. The Hall–Kier alpha value is -1.46. The van der Waals surface area contributed by atoms with Crippen LogP contribution in [0.2, 0.25) is 0 Å². The Kier molecular flexibility index (Phi) is 4.73. The number of rotatable bonds is 4. The molecule has 1 N–H and O–H groups in total. The van der Waals surface area contributed by atoms with E-state index in [-0.39, 0.29) is 0 Å². The Bertz CT molecular complexity index is 391. The smallest absolute Gasteiger partial charge is 0.0992 e. The van der Waals surface area contributed by atoms with Crippen molar-refractivity contribution in [1.82, 2.24) is 0 Å². The van der Waals surface area contributed by atoms with Crippen molar-refractivity contribution in [2.24, 2.45) is 0 Å². The first-order valence-electron chi connectivity index (χ1n) is 4.73. The second-order valence-corrected chi connectivity index (χ2v) is 3.46.